The number of aromatic nitrogens is 2. The Labute approximate surface area is 169 Å². The zero-order valence-corrected chi connectivity index (χ0v) is 16.5. The van der Waals surface area contributed by atoms with Crippen molar-refractivity contribution in [2.45, 2.75) is 32.6 Å². The minimum atomic E-state index is -4.65. The smallest absolute Gasteiger partial charge is 0.435 e. The fourth-order valence-corrected chi connectivity index (χ4v) is 3.42. The molecule has 0 spiro atoms. The van der Waals surface area contributed by atoms with Crippen LogP contribution in [0.1, 0.15) is 23.9 Å². The van der Waals surface area contributed by atoms with Gasteiger partial charge in [-0.15, -0.1) is 0 Å². The first-order chi connectivity index (χ1) is 13.6. The van der Waals surface area contributed by atoms with E-state index in [0.29, 0.717) is 28.7 Å². The Bertz CT molecular complexity index is 958. The number of rotatable bonds is 4. The lowest BCUT2D eigenvalue weighted by Gasteiger charge is -2.27. The molecule has 0 fully saturated rings. The van der Waals surface area contributed by atoms with Crippen molar-refractivity contribution in [1.29, 1.82) is 5.41 Å². The quantitative estimate of drug-likeness (QED) is 0.575. The molecule has 2 heterocycles. The number of amidine groups is 1. The number of methoxy groups -OCH3 is 1. The summed E-state index contributed by atoms with van der Waals surface area (Å²) >= 11 is 5.96. The van der Waals surface area contributed by atoms with Crippen molar-refractivity contribution >= 4 is 29.0 Å². The number of nitrogens with one attached hydrogen (secondary N) is 2. The fraction of sp³-hybridized carbons (Fsp3) is 0.389. The molecule has 0 aliphatic carbocycles. The highest BCUT2D eigenvalue weighted by Gasteiger charge is 2.41. The number of halogens is 4. The van der Waals surface area contributed by atoms with Crippen LogP contribution in [-0.2, 0) is 30.5 Å². The third-order valence-corrected chi connectivity index (χ3v) is 4.84. The molecule has 7 nitrogen and oxygen atoms in total. The van der Waals surface area contributed by atoms with E-state index in [1.54, 1.807) is 18.2 Å². The van der Waals surface area contributed by atoms with Crippen LogP contribution in [0.25, 0.3) is 0 Å². The van der Waals surface area contributed by atoms with Gasteiger partial charge in [-0.1, -0.05) is 11.6 Å². The molecule has 0 atom stereocenters. The van der Waals surface area contributed by atoms with Gasteiger partial charge in [-0.05, 0) is 18.2 Å². The molecular formula is C18H19ClF3N5O2. The molecule has 3 rings (SSSR count). The summed E-state index contributed by atoms with van der Waals surface area (Å²) in [5.41, 5.74) is -0.247. The molecule has 0 radical (unpaired) electrons. The number of ether oxygens (including phenoxy) is 1. The van der Waals surface area contributed by atoms with E-state index in [-0.39, 0.29) is 36.8 Å². The third kappa shape index (κ3) is 4.47. The summed E-state index contributed by atoms with van der Waals surface area (Å²) in [5, 5.41) is 15.1. The van der Waals surface area contributed by atoms with E-state index in [1.807, 2.05) is 0 Å². The highest BCUT2D eigenvalue weighted by molar-refractivity contribution is 6.31. The van der Waals surface area contributed by atoms with Crippen LogP contribution < -0.4 is 10.1 Å². The van der Waals surface area contributed by atoms with Gasteiger partial charge in [0.2, 0.25) is 5.91 Å². The number of anilines is 1. The van der Waals surface area contributed by atoms with E-state index in [2.05, 4.69) is 10.4 Å². The Hall–Kier alpha value is -2.75. The predicted molar refractivity (Wildman–Crippen MR) is 101 cm³/mol. The summed E-state index contributed by atoms with van der Waals surface area (Å²) in [6, 6.07) is 4.79. The molecule has 0 unspecified atom stereocenters. The zero-order valence-electron chi connectivity index (χ0n) is 15.7. The first-order valence-corrected chi connectivity index (χ1v) is 9.07. The summed E-state index contributed by atoms with van der Waals surface area (Å²) in [6.45, 7) is 1.27. The van der Waals surface area contributed by atoms with Crippen LogP contribution in [0.5, 0.6) is 5.75 Å². The number of carbonyl (C=O) groups is 1. The van der Waals surface area contributed by atoms with Crippen molar-refractivity contribution in [3.63, 3.8) is 0 Å². The molecule has 0 bridgehead atoms. The van der Waals surface area contributed by atoms with Crippen molar-refractivity contribution < 1.29 is 22.7 Å². The van der Waals surface area contributed by atoms with E-state index in [4.69, 9.17) is 21.7 Å². The highest BCUT2D eigenvalue weighted by Crippen LogP contribution is 2.35. The van der Waals surface area contributed by atoms with Crippen LogP contribution in [0.3, 0.4) is 0 Å². The molecule has 1 aliphatic heterocycles. The SMILES string of the molecule is COc1ccc(Cl)cc1NC(=N)Cn1nc(C(F)(F)F)c2c1CCN(C(C)=O)C2. The van der Waals surface area contributed by atoms with Gasteiger partial charge in [-0.25, -0.2) is 0 Å². The normalized spacial score (nSPS) is 13.8. The number of benzene rings is 1. The molecule has 11 heteroatoms. The third-order valence-electron chi connectivity index (χ3n) is 4.60. The largest absolute Gasteiger partial charge is 0.495 e. The molecule has 156 valence electrons. The molecule has 0 saturated carbocycles. The Morgan fingerprint density at radius 2 is 2.14 bits per heavy atom. The molecule has 0 saturated heterocycles. The van der Waals surface area contributed by atoms with Gasteiger partial charge in [0.1, 0.15) is 11.6 Å². The second kappa shape index (κ2) is 7.94. The van der Waals surface area contributed by atoms with Crippen LogP contribution in [0, 0.1) is 5.41 Å². The Morgan fingerprint density at radius 1 is 1.41 bits per heavy atom. The molecule has 29 heavy (non-hydrogen) atoms. The highest BCUT2D eigenvalue weighted by atomic mass is 35.5. The molecule has 1 amide bonds. The van der Waals surface area contributed by atoms with Gasteiger partial charge in [0, 0.05) is 42.7 Å². The summed E-state index contributed by atoms with van der Waals surface area (Å²) in [4.78, 5) is 12.9. The van der Waals surface area contributed by atoms with E-state index in [0.717, 1.165) is 0 Å². The van der Waals surface area contributed by atoms with Crippen LogP contribution in [0.4, 0.5) is 18.9 Å². The molecular weight excluding hydrogens is 411 g/mol. The predicted octanol–water partition coefficient (Wildman–Crippen LogP) is 3.56. The number of nitrogens with zero attached hydrogens (tertiary/aromatic N) is 3. The molecule has 2 N–H and O–H groups in total. The lowest BCUT2D eigenvalue weighted by atomic mass is 10.0. The van der Waals surface area contributed by atoms with Gasteiger partial charge in [-0.3, -0.25) is 14.9 Å². The van der Waals surface area contributed by atoms with E-state index in [1.165, 1.54) is 23.6 Å². The molecule has 1 aliphatic rings. The number of carbonyl (C=O) groups excluding carboxylic acids is 1. The first-order valence-electron chi connectivity index (χ1n) is 8.69. The number of alkyl halides is 3. The molecule has 2 aromatic rings. The summed E-state index contributed by atoms with van der Waals surface area (Å²) in [7, 11) is 1.46. The standard InChI is InChI=1S/C18H19ClF3N5O2/c1-10(28)26-6-5-14-12(8-26)17(18(20,21)22)25-27(14)9-16(23)24-13-7-11(19)3-4-15(13)29-2/h3-4,7H,5-6,8-9H2,1-2H3,(H2,23,24). The summed E-state index contributed by atoms with van der Waals surface area (Å²) in [6.07, 6.45) is -4.42. The van der Waals surface area contributed by atoms with Gasteiger partial charge in [0.05, 0.1) is 19.3 Å². The average Bonchev–Trinajstić information content (AvgIpc) is 3.00. The lowest BCUT2D eigenvalue weighted by molar-refractivity contribution is -0.143. The number of fused-ring (bicyclic) bond motifs is 1. The maximum Gasteiger partial charge on any atom is 0.435 e. The van der Waals surface area contributed by atoms with Crippen LogP contribution in [0.2, 0.25) is 5.02 Å². The summed E-state index contributed by atoms with van der Waals surface area (Å²) < 4.78 is 46.8. The van der Waals surface area contributed by atoms with E-state index in [9.17, 15) is 18.0 Å². The van der Waals surface area contributed by atoms with Gasteiger partial charge in [0.25, 0.3) is 0 Å². The number of amides is 1. The van der Waals surface area contributed by atoms with E-state index < -0.39 is 11.9 Å². The van der Waals surface area contributed by atoms with Crippen molar-refractivity contribution in [2.24, 2.45) is 0 Å². The van der Waals surface area contributed by atoms with Gasteiger partial charge >= 0.3 is 6.18 Å². The topological polar surface area (TPSA) is 83.2 Å². The lowest BCUT2D eigenvalue weighted by Crippen LogP contribution is -2.35. The van der Waals surface area contributed by atoms with Crippen molar-refractivity contribution in [3.05, 3.63) is 40.2 Å². The Balaban J connectivity index is 1.87. The van der Waals surface area contributed by atoms with Crippen LogP contribution in [0.15, 0.2) is 18.2 Å². The van der Waals surface area contributed by atoms with Crippen molar-refractivity contribution in [3.8, 4) is 5.75 Å². The van der Waals surface area contributed by atoms with Gasteiger partial charge < -0.3 is 15.0 Å². The number of hydrogen-bond donors (Lipinski definition) is 2. The average molecular weight is 430 g/mol. The zero-order chi connectivity index (χ0) is 21.3. The molecule has 1 aromatic carbocycles. The minimum Gasteiger partial charge on any atom is -0.495 e. The van der Waals surface area contributed by atoms with E-state index >= 15 is 0 Å². The fourth-order valence-electron chi connectivity index (χ4n) is 3.25. The molecule has 1 aromatic heterocycles. The maximum atomic E-state index is 13.5. The van der Waals surface area contributed by atoms with Crippen LogP contribution >= 0.6 is 11.6 Å². The van der Waals surface area contributed by atoms with Crippen LogP contribution in [-0.4, -0.2) is 40.1 Å². The summed E-state index contributed by atoms with van der Waals surface area (Å²) in [5.74, 6) is 0.0623. The number of hydrogen-bond acceptors (Lipinski definition) is 4. The monoisotopic (exact) mass is 429 g/mol. The van der Waals surface area contributed by atoms with Gasteiger partial charge in [-0.2, -0.15) is 18.3 Å². The maximum absolute atomic E-state index is 13.5. The Kier molecular flexibility index (Phi) is 5.74. The second-order valence-electron chi connectivity index (χ2n) is 6.57. The van der Waals surface area contributed by atoms with Crippen molar-refractivity contribution in [2.75, 3.05) is 19.0 Å². The Morgan fingerprint density at radius 3 is 2.76 bits per heavy atom. The van der Waals surface area contributed by atoms with Gasteiger partial charge in [0.15, 0.2) is 5.69 Å². The second-order valence-corrected chi connectivity index (χ2v) is 7.00. The minimum absolute atomic E-state index is 0.0212. The first kappa shape index (κ1) is 21.0. The van der Waals surface area contributed by atoms with Crippen molar-refractivity contribution in [1.82, 2.24) is 14.7 Å².